The summed E-state index contributed by atoms with van der Waals surface area (Å²) in [5, 5.41) is 20.6. The Labute approximate surface area is 329 Å². The van der Waals surface area contributed by atoms with Crippen molar-refractivity contribution in [2.75, 3.05) is 44.5 Å². The Morgan fingerprint density at radius 3 is 1.31 bits per heavy atom. The van der Waals surface area contributed by atoms with Crippen molar-refractivity contribution in [1.82, 2.24) is 0 Å². The lowest BCUT2D eigenvalue weighted by atomic mass is 9.82. The molecule has 0 unspecified atom stereocenters. The number of rotatable bonds is 10. The van der Waals surface area contributed by atoms with Crippen LogP contribution in [0.4, 0.5) is 21.0 Å². The molecule has 0 saturated carbocycles. The van der Waals surface area contributed by atoms with Gasteiger partial charge in [-0.05, 0) is 19.1 Å². The minimum absolute atomic E-state index is 0.00296. The molecular weight excluding hydrogens is 756 g/mol. The zero-order chi connectivity index (χ0) is 41.5. The SMILES string of the molecule is CCOC(=O)OCCOc1cc(O)c2c(c1N)C(=O)c1ccccc1C2=O.Nc1c(OCCOC(=O)Oc2ccccc2)cc(O)c2c1C(=O)c1ccccc1C2=O. The van der Waals surface area contributed by atoms with Gasteiger partial charge in [0, 0.05) is 34.4 Å². The van der Waals surface area contributed by atoms with E-state index in [2.05, 4.69) is 4.74 Å². The standard InChI is InChI=1S/C23H17NO7.C19H17NO7/c24-20-17(29-10-11-30-23(28)31-13-6-2-1-3-7-13)12-16(25)18-19(20)22(27)15-9-5-4-8-14(15)21(18)26;1-2-25-19(24)27-8-7-26-13-9-12(21)14-15(16(13)20)18(23)11-6-4-3-5-10(11)17(14)22/h1-9,12,25H,10-11,24H2;3-6,9,21H,2,7-8,20H2,1H3. The zero-order valence-corrected chi connectivity index (χ0v) is 30.6. The second-order valence-electron chi connectivity index (χ2n) is 12.3. The predicted octanol–water partition coefficient (Wildman–Crippen LogP) is 5.65. The van der Waals surface area contributed by atoms with Crippen LogP contribution < -0.4 is 25.7 Å². The summed E-state index contributed by atoms with van der Waals surface area (Å²) in [5.41, 5.74) is 12.3. The third-order valence-corrected chi connectivity index (χ3v) is 8.69. The van der Waals surface area contributed by atoms with Crippen LogP contribution in [0, 0.1) is 0 Å². The van der Waals surface area contributed by atoms with Crippen molar-refractivity contribution in [3.05, 3.63) is 136 Å². The van der Waals surface area contributed by atoms with Crippen LogP contribution in [0.5, 0.6) is 28.7 Å². The number of hydrogen-bond donors (Lipinski definition) is 4. The van der Waals surface area contributed by atoms with Crippen LogP contribution >= 0.6 is 0 Å². The summed E-state index contributed by atoms with van der Waals surface area (Å²) in [6, 6.07) is 23.4. The largest absolute Gasteiger partial charge is 0.513 e. The Kier molecular flexibility index (Phi) is 11.9. The van der Waals surface area contributed by atoms with E-state index in [1.54, 1.807) is 61.5 Å². The molecule has 6 N–H and O–H groups in total. The lowest BCUT2D eigenvalue weighted by Gasteiger charge is -2.21. The number of fused-ring (bicyclic) bond motifs is 4. The van der Waals surface area contributed by atoms with Crippen LogP contribution in [0.2, 0.25) is 0 Å². The number of carbonyl (C=O) groups excluding carboxylic acids is 6. The van der Waals surface area contributed by atoms with Crippen molar-refractivity contribution in [2.45, 2.75) is 6.92 Å². The van der Waals surface area contributed by atoms with Gasteiger partial charge in [-0.25, -0.2) is 9.59 Å². The van der Waals surface area contributed by atoms with E-state index in [4.69, 9.17) is 35.2 Å². The van der Waals surface area contributed by atoms with E-state index in [0.29, 0.717) is 5.75 Å². The van der Waals surface area contributed by atoms with E-state index in [0.717, 1.165) is 12.1 Å². The van der Waals surface area contributed by atoms with Crippen LogP contribution in [0.1, 0.15) is 70.6 Å². The van der Waals surface area contributed by atoms with Gasteiger partial charge < -0.3 is 50.1 Å². The maximum atomic E-state index is 12.9. The quantitative estimate of drug-likeness (QED) is 0.0430. The summed E-state index contributed by atoms with van der Waals surface area (Å²) in [6.07, 6.45) is -1.74. The molecular formula is C42H34N2O14. The minimum Gasteiger partial charge on any atom is -0.507 e. The fraction of sp³-hybridized carbons (Fsp3) is 0.143. The molecule has 0 bridgehead atoms. The first-order chi connectivity index (χ1) is 27.9. The molecule has 2 aliphatic rings. The molecule has 0 heterocycles. The second-order valence-corrected chi connectivity index (χ2v) is 12.3. The fourth-order valence-corrected chi connectivity index (χ4v) is 6.11. The highest BCUT2D eigenvalue weighted by Crippen LogP contribution is 2.42. The van der Waals surface area contributed by atoms with Crippen molar-refractivity contribution in [3.63, 3.8) is 0 Å². The number of aromatic hydroxyl groups is 2. The van der Waals surface area contributed by atoms with Gasteiger partial charge in [0.2, 0.25) is 0 Å². The summed E-state index contributed by atoms with van der Waals surface area (Å²) in [6.45, 7) is 1.34. The Hall–Kier alpha value is -7.88. The van der Waals surface area contributed by atoms with Gasteiger partial charge in [0.25, 0.3) is 0 Å². The average molecular weight is 791 g/mol. The Balaban J connectivity index is 0.000000198. The number of nitrogens with two attached hydrogens (primary N) is 2. The van der Waals surface area contributed by atoms with Crippen molar-refractivity contribution in [1.29, 1.82) is 0 Å². The monoisotopic (exact) mass is 790 g/mol. The van der Waals surface area contributed by atoms with Gasteiger partial charge in [0.05, 0.1) is 40.2 Å². The number of carbonyl (C=O) groups is 6. The number of ketones is 4. The van der Waals surface area contributed by atoms with Crippen LogP contribution in [0.25, 0.3) is 0 Å². The first-order valence-electron chi connectivity index (χ1n) is 17.5. The molecule has 0 saturated heterocycles. The first kappa shape index (κ1) is 39.8. The van der Waals surface area contributed by atoms with Gasteiger partial charge >= 0.3 is 12.3 Å². The Morgan fingerprint density at radius 1 is 0.517 bits per heavy atom. The van der Waals surface area contributed by atoms with Crippen LogP contribution in [0.15, 0.2) is 91.0 Å². The summed E-state index contributed by atoms with van der Waals surface area (Å²) < 4.78 is 30.1. The van der Waals surface area contributed by atoms with Crippen molar-refractivity contribution >= 4 is 46.8 Å². The molecule has 0 radical (unpaired) electrons. The molecule has 0 spiro atoms. The number of nitrogen functional groups attached to an aromatic ring is 2. The normalized spacial score (nSPS) is 12.1. The van der Waals surface area contributed by atoms with Crippen molar-refractivity contribution in [3.8, 4) is 28.7 Å². The highest BCUT2D eigenvalue weighted by atomic mass is 16.7. The highest BCUT2D eigenvalue weighted by Gasteiger charge is 2.36. The molecule has 0 amide bonds. The number of hydrogen-bond acceptors (Lipinski definition) is 16. The number of benzene rings is 5. The molecule has 16 nitrogen and oxygen atoms in total. The molecule has 0 aliphatic heterocycles. The lowest BCUT2D eigenvalue weighted by Crippen LogP contribution is -2.23. The van der Waals surface area contributed by atoms with Crippen molar-refractivity contribution < 1.29 is 67.4 Å². The van der Waals surface area contributed by atoms with E-state index in [1.165, 1.54) is 24.3 Å². The van der Waals surface area contributed by atoms with Crippen LogP contribution in [-0.2, 0) is 14.2 Å². The summed E-state index contributed by atoms with van der Waals surface area (Å²) in [4.78, 5) is 73.9. The summed E-state index contributed by atoms with van der Waals surface area (Å²) in [7, 11) is 0. The second kappa shape index (κ2) is 17.3. The maximum absolute atomic E-state index is 12.9. The third-order valence-electron chi connectivity index (χ3n) is 8.69. The number of anilines is 2. The van der Waals surface area contributed by atoms with Crippen LogP contribution in [0.3, 0.4) is 0 Å². The minimum atomic E-state index is -0.909. The Bertz CT molecular complexity index is 2460. The smallest absolute Gasteiger partial charge is 0.507 e. The predicted molar refractivity (Wildman–Crippen MR) is 204 cm³/mol. The van der Waals surface area contributed by atoms with Crippen molar-refractivity contribution in [2.24, 2.45) is 0 Å². The molecule has 5 aromatic rings. The van der Waals surface area contributed by atoms with Gasteiger partial charge in [-0.15, -0.1) is 0 Å². The Morgan fingerprint density at radius 2 is 0.897 bits per heavy atom. The fourth-order valence-electron chi connectivity index (χ4n) is 6.11. The first-order valence-corrected chi connectivity index (χ1v) is 17.5. The molecule has 0 aromatic heterocycles. The number of phenolic OH excluding ortho intramolecular Hbond substituents is 2. The third kappa shape index (κ3) is 8.06. The molecule has 296 valence electrons. The van der Waals surface area contributed by atoms with E-state index in [-0.39, 0.29) is 100 Å². The molecule has 0 fully saturated rings. The van der Waals surface area contributed by atoms with Gasteiger partial charge in [-0.1, -0.05) is 66.7 Å². The maximum Gasteiger partial charge on any atom is 0.513 e. The van der Waals surface area contributed by atoms with E-state index in [9.17, 15) is 39.0 Å². The van der Waals surface area contributed by atoms with Gasteiger partial charge in [-0.2, -0.15) is 0 Å². The summed E-state index contributed by atoms with van der Waals surface area (Å²) >= 11 is 0. The molecule has 16 heteroatoms. The van der Waals surface area contributed by atoms with Crippen LogP contribution in [-0.4, -0.2) is 78.7 Å². The van der Waals surface area contributed by atoms with E-state index < -0.39 is 46.9 Å². The lowest BCUT2D eigenvalue weighted by molar-refractivity contribution is 0.0495. The highest BCUT2D eigenvalue weighted by molar-refractivity contribution is 6.32. The van der Waals surface area contributed by atoms with Gasteiger partial charge in [0.15, 0.2) is 23.1 Å². The molecule has 58 heavy (non-hydrogen) atoms. The average Bonchev–Trinajstić information content (AvgIpc) is 3.22. The topological polar surface area (TPSA) is 250 Å². The zero-order valence-electron chi connectivity index (χ0n) is 30.6. The van der Waals surface area contributed by atoms with Gasteiger partial charge in [-0.3, -0.25) is 19.2 Å². The molecule has 0 atom stereocenters. The van der Waals surface area contributed by atoms with E-state index >= 15 is 0 Å². The number of ether oxygens (including phenoxy) is 6. The van der Waals surface area contributed by atoms with Gasteiger partial charge in [0.1, 0.15) is 55.2 Å². The molecule has 5 aromatic carbocycles. The summed E-state index contributed by atoms with van der Waals surface area (Å²) in [5.74, 6) is -2.41. The number of para-hydroxylation sites is 1. The van der Waals surface area contributed by atoms with E-state index in [1.807, 2.05) is 0 Å². The molecule has 2 aliphatic carbocycles. The molecule has 7 rings (SSSR count). The number of phenols is 2.